The van der Waals surface area contributed by atoms with Gasteiger partial charge in [0.2, 0.25) is 0 Å². The van der Waals surface area contributed by atoms with E-state index in [0.29, 0.717) is 0 Å². The van der Waals surface area contributed by atoms with Crippen molar-refractivity contribution in [3.05, 3.63) is 39.6 Å². The minimum atomic E-state index is -0.333. The summed E-state index contributed by atoms with van der Waals surface area (Å²) in [6, 6.07) is 5.10. The highest BCUT2D eigenvalue weighted by Gasteiger charge is 2.19. The van der Waals surface area contributed by atoms with Crippen LogP contribution in [0.2, 0.25) is 0 Å². The van der Waals surface area contributed by atoms with Crippen LogP contribution < -0.4 is 0 Å². The number of nitro groups is 1. The number of benzene rings is 1. The van der Waals surface area contributed by atoms with E-state index >= 15 is 0 Å². The second-order valence-electron chi connectivity index (χ2n) is 5.47. The van der Waals surface area contributed by atoms with Crippen LogP contribution >= 0.6 is 0 Å². The minimum absolute atomic E-state index is 0.149. The van der Waals surface area contributed by atoms with Gasteiger partial charge in [-0.3, -0.25) is 15.0 Å². The maximum atomic E-state index is 11.0. The number of nitrogens with zero attached hydrogens (tertiary/aromatic N) is 3. The fourth-order valence-electron chi connectivity index (χ4n) is 2.93. The Bertz CT molecular complexity index is 687. The van der Waals surface area contributed by atoms with Gasteiger partial charge >= 0.3 is 0 Å². The van der Waals surface area contributed by atoms with E-state index in [1.807, 2.05) is 13.1 Å². The molecule has 0 saturated carbocycles. The van der Waals surface area contributed by atoms with Crippen molar-refractivity contribution >= 4 is 16.6 Å². The van der Waals surface area contributed by atoms with Crippen molar-refractivity contribution in [1.29, 1.82) is 0 Å². The summed E-state index contributed by atoms with van der Waals surface area (Å²) in [4.78, 5) is 13.0. The number of hydrogen-bond acceptors (Lipinski definition) is 4. The van der Waals surface area contributed by atoms with Crippen molar-refractivity contribution in [1.82, 2.24) is 9.47 Å². The number of rotatable bonds is 3. The molecule has 0 unspecified atom stereocenters. The predicted octanol–water partition coefficient (Wildman–Crippen LogP) is 2.23. The van der Waals surface area contributed by atoms with E-state index in [1.165, 1.54) is 5.56 Å². The second kappa shape index (κ2) is 5.46. The molecule has 3 rings (SSSR count). The Balaban J connectivity index is 2.04. The van der Waals surface area contributed by atoms with Crippen molar-refractivity contribution in [2.24, 2.45) is 7.05 Å². The molecule has 1 aromatic heterocycles. The molecule has 0 atom stereocenters. The van der Waals surface area contributed by atoms with Gasteiger partial charge in [0.25, 0.3) is 5.69 Å². The number of hydrogen-bond donors (Lipinski definition) is 0. The lowest BCUT2D eigenvalue weighted by Crippen LogP contribution is -2.35. The van der Waals surface area contributed by atoms with Gasteiger partial charge in [-0.15, -0.1) is 0 Å². The topological polar surface area (TPSA) is 60.5 Å². The second-order valence-corrected chi connectivity index (χ2v) is 5.47. The number of non-ortho nitro benzene ring substituents is 1. The fourth-order valence-corrected chi connectivity index (χ4v) is 2.93. The molecule has 6 nitrogen and oxygen atoms in total. The molecule has 1 saturated heterocycles. The van der Waals surface area contributed by atoms with E-state index in [1.54, 1.807) is 12.1 Å². The third-order valence-electron chi connectivity index (χ3n) is 4.30. The molecule has 1 aliphatic rings. The number of fused-ring (bicyclic) bond motifs is 1. The molecule has 112 valence electrons. The molecule has 0 radical (unpaired) electrons. The molecule has 0 bridgehead atoms. The average molecular weight is 289 g/mol. The standard InChI is InChI=1S/C15H19N3O3/c1-11-14(10-17-5-7-21-8-6-17)13-9-12(18(19)20)3-4-15(13)16(11)2/h3-4,9H,5-8,10H2,1-2H3. The molecule has 0 spiro atoms. The smallest absolute Gasteiger partial charge is 0.270 e. The van der Waals surface area contributed by atoms with Gasteiger partial charge in [0.1, 0.15) is 0 Å². The van der Waals surface area contributed by atoms with Crippen LogP contribution in [0, 0.1) is 17.0 Å². The first kappa shape index (κ1) is 14.0. The summed E-state index contributed by atoms with van der Waals surface area (Å²) >= 11 is 0. The Kier molecular flexibility index (Phi) is 3.65. The summed E-state index contributed by atoms with van der Waals surface area (Å²) in [5.74, 6) is 0. The van der Waals surface area contributed by atoms with Crippen LogP contribution in [-0.2, 0) is 18.3 Å². The average Bonchev–Trinajstić information content (AvgIpc) is 2.73. The molecule has 1 fully saturated rings. The van der Waals surface area contributed by atoms with E-state index < -0.39 is 0 Å². The van der Waals surface area contributed by atoms with Gasteiger partial charge in [-0.1, -0.05) is 0 Å². The van der Waals surface area contributed by atoms with Crippen molar-refractivity contribution in [2.75, 3.05) is 26.3 Å². The van der Waals surface area contributed by atoms with Crippen molar-refractivity contribution < 1.29 is 9.66 Å². The molecule has 21 heavy (non-hydrogen) atoms. The molecule has 0 aliphatic carbocycles. The van der Waals surface area contributed by atoms with Gasteiger partial charge in [0.15, 0.2) is 0 Å². The fraction of sp³-hybridized carbons (Fsp3) is 0.467. The molecule has 2 aromatic rings. The number of morpholine rings is 1. The van der Waals surface area contributed by atoms with Crippen molar-refractivity contribution in [3.63, 3.8) is 0 Å². The van der Waals surface area contributed by atoms with Crippen LogP contribution in [0.3, 0.4) is 0 Å². The first-order valence-corrected chi connectivity index (χ1v) is 7.10. The molecule has 1 aromatic carbocycles. The van der Waals surface area contributed by atoms with Crippen LogP contribution in [0.25, 0.3) is 10.9 Å². The van der Waals surface area contributed by atoms with Gasteiger partial charge in [-0.2, -0.15) is 0 Å². The third kappa shape index (κ3) is 2.52. The zero-order chi connectivity index (χ0) is 15.0. The number of nitro benzene ring substituents is 1. The third-order valence-corrected chi connectivity index (χ3v) is 4.30. The lowest BCUT2D eigenvalue weighted by molar-refractivity contribution is -0.384. The molecule has 6 heteroatoms. The zero-order valence-electron chi connectivity index (χ0n) is 12.3. The van der Waals surface area contributed by atoms with Gasteiger partial charge in [-0.05, 0) is 18.6 Å². The maximum Gasteiger partial charge on any atom is 0.270 e. The Morgan fingerprint density at radius 2 is 2.05 bits per heavy atom. The monoisotopic (exact) mass is 289 g/mol. The summed E-state index contributed by atoms with van der Waals surface area (Å²) in [7, 11) is 2.01. The van der Waals surface area contributed by atoms with E-state index in [-0.39, 0.29) is 10.6 Å². The Morgan fingerprint density at radius 1 is 1.33 bits per heavy atom. The molecular formula is C15H19N3O3. The highest BCUT2D eigenvalue weighted by Crippen LogP contribution is 2.29. The van der Waals surface area contributed by atoms with Crippen molar-refractivity contribution in [3.8, 4) is 0 Å². The van der Waals surface area contributed by atoms with Crippen molar-refractivity contribution in [2.45, 2.75) is 13.5 Å². The number of aromatic nitrogens is 1. The summed E-state index contributed by atoms with van der Waals surface area (Å²) in [6.45, 7) is 6.21. The van der Waals surface area contributed by atoms with E-state index in [4.69, 9.17) is 4.74 Å². The van der Waals surface area contributed by atoms with Crippen LogP contribution in [0.4, 0.5) is 5.69 Å². The minimum Gasteiger partial charge on any atom is -0.379 e. The first-order valence-electron chi connectivity index (χ1n) is 7.10. The predicted molar refractivity (Wildman–Crippen MR) is 80.4 cm³/mol. The largest absolute Gasteiger partial charge is 0.379 e. The summed E-state index contributed by atoms with van der Waals surface area (Å²) < 4.78 is 7.48. The number of aryl methyl sites for hydroxylation is 1. The normalized spacial score (nSPS) is 16.5. The SMILES string of the molecule is Cc1c(CN2CCOCC2)c2cc([N+](=O)[O-])ccc2n1C. The maximum absolute atomic E-state index is 11.0. The Hall–Kier alpha value is -1.92. The molecule has 0 amide bonds. The quantitative estimate of drug-likeness (QED) is 0.642. The highest BCUT2D eigenvalue weighted by atomic mass is 16.6. The van der Waals surface area contributed by atoms with E-state index in [9.17, 15) is 10.1 Å². The lowest BCUT2D eigenvalue weighted by Gasteiger charge is -2.26. The van der Waals surface area contributed by atoms with Crippen LogP contribution in [0.5, 0.6) is 0 Å². The van der Waals surface area contributed by atoms with E-state index in [0.717, 1.165) is 49.4 Å². The van der Waals surface area contributed by atoms with Crippen LogP contribution in [0.15, 0.2) is 18.2 Å². The lowest BCUT2D eigenvalue weighted by atomic mass is 10.1. The Morgan fingerprint density at radius 3 is 2.71 bits per heavy atom. The number of ether oxygens (including phenoxy) is 1. The molecular weight excluding hydrogens is 270 g/mol. The van der Waals surface area contributed by atoms with Crippen LogP contribution in [-0.4, -0.2) is 40.7 Å². The summed E-state index contributed by atoms with van der Waals surface area (Å²) in [5, 5.41) is 12.0. The highest BCUT2D eigenvalue weighted by molar-refractivity contribution is 5.87. The zero-order valence-corrected chi connectivity index (χ0v) is 12.3. The summed E-state index contributed by atoms with van der Waals surface area (Å²) in [5.41, 5.74) is 3.53. The van der Waals surface area contributed by atoms with Gasteiger partial charge in [0, 0.05) is 55.4 Å². The van der Waals surface area contributed by atoms with Gasteiger partial charge in [0.05, 0.1) is 18.1 Å². The van der Waals surface area contributed by atoms with E-state index in [2.05, 4.69) is 16.4 Å². The molecule has 2 heterocycles. The first-order chi connectivity index (χ1) is 10.1. The summed E-state index contributed by atoms with van der Waals surface area (Å²) in [6.07, 6.45) is 0. The molecule has 0 N–H and O–H groups in total. The molecule has 1 aliphatic heterocycles. The Labute approximate surface area is 123 Å². The van der Waals surface area contributed by atoms with Gasteiger partial charge in [-0.25, -0.2) is 0 Å². The van der Waals surface area contributed by atoms with Gasteiger partial charge < -0.3 is 9.30 Å². The van der Waals surface area contributed by atoms with Crippen LogP contribution in [0.1, 0.15) is 11.3 Å².